The number of aliphatic carboxylic acids is 1. The molecule has 1 aliphatic carbocycles. The Bertz CT molecular complexity index is 2120. The number of pyridine rings is 1. The molecule has 2 heterocycles. The van der Waals surface area contributed by atoms with Gasteiger partial charge in [0.1, 0.15) is 24.0 Å². The van der Waals surface area contributed by atoms with Crippen molar-refractivity contribution in [1.82, 2.24) is 14.5 Å². The summed E-state index contributed by atoms with van der Waals surface area (Å²) in [5, 5.41) is 11.0. The average molecular weight is 608 g/mol. The molecule has 1 fully saturated rings. The van der Waals surface area contributed by atoms with Crippen molar-refractivity contribution in [2.45, 2.75) is 32.9 Å². The molecular weight excluding hydrogens is 579 g/mol. The van der Waals surface area contributed by atoms with Gasteiger partial charge in [0.15, 0.2) is 11.6 Å². The van der Waals surface area contributed by atoms with Crippen LogP contribution in [-0.2, 0) is 17.9 Å². The first-order chi connectivity index (χ1) is 21.6. The number of hydrogen-bond acceptors (Lipinski definition) is 4. The van der Waals surface area contributed by atoms with E-state index in [1.54, 1.807) is 24.3 Å². The van der Waals surface area contributed by atoms with Gasteiger partial charge in [0.05, 0.1) is 34.7 Å². The highest BCUT2D eigenvalue weighted by Crippen LogP contribution is 2.64. The maximum absolute atomic E-state index is 15.5. The molecule has 1 N–H and O–H groups in total. The van der Waals surface area contributed by atoms with Gasteiger partial charge in [-0.25, -0.2) is 23.1 Å². The van der Waals surface area contributed by atoms with Crippen molar-refractivity contribution < 1.29 is 27.8 Å². The number of para-hydroxylation sites is 1. The highest BCUT2D eigenvalue weighted by atomic mass is 19.2. The van der Waals surface area contributed by atoms with Crippen LogP contribution in [0.25, 0.3) is 33.1 Å². The van der Waals surface area contributed by atoms with Crippen LogP contribution in [-0.4, -0.2) is 25.6 Å². The molecule has 0 amide bonds. The number of aromatic nitrogens is 3. The van der Waals surface area contributed by atoms with E-state index in [-0.39, 0.29) is 19.1 Å². The molecule has 0 spiro atoms. The van der Waals surface area contributed by atoms with E-state index in [1.807, 2.05) is 60.9 Å². The molecule has 0 radical (unpaired) electrons. The fraction of sp³-hybridized carbons (Fsp3) is 0.194. The molecule has 0 unspecified atom stereocenters. The number of halogens is 3. The van der Waals surface area contributed by atoms with Crippen LogP contribution >= 0.6 is 0 Å². The number of carboxylic acid groups (broad SMARTS) is 1. The van der Waals surface area contributed by atoms with Crippen molar-refractivity contribution in [1.29, 1.82) is 0 Å². The average Bonchev–Trinajstić information content (AvgIpc) is 3.44. The van der Waals surface area contributed by atoms with Crippen LogP contribution in [0.3, 0.4) is 0 Å². The molecule has 0 saturated heterocycles. The van der Waals surface area contributed by atoms with E-state index in [0.717, 1.165) is 28.7 Å². The zero-order chi connectivity index (χ0) is 31.5. The van der Waals surface area contributed by atoms with E-state index in [1.165, 1.54) is 12.1 Å². The summed E-state index contributed by atoms with van der Waals surface area (Å²) in [6, 6.07) is 25.2. The number of hydrogen-bond donors (Lipinski definition) is 1. The molecule has 7 rings (SSSR count). The molecule has 1 aliphatic rings. The van der Waals surface area contributed by atoms with Gasteiger partial charge in [0.25, 0.3) is 0 Å². The second kappa shape index (κ2) is 10.8. The number of benzene rings is 4. The lowest BCUT2D eigenvalue weighted by Gasteiger charge is -2.13. The molecule has 2 atom stereocenters. The molecule has 1 saturated carbocycles. The first kappa shape index (κ1) is 28.6. The molecule has 226 valence electrons. The number of imidazole rings is 1. The minimum absolute atomic E-state index is 0.0931. The maximum atomic E-state index is 15.5. The van der Waals surface area contributed by atoms with Crippen molar-refractivity contribution in [2.75, 3.05) is 0 Å². The molecule has 9 heteroatoms. The normalized spacial score (nSPS) is 17.1. The summed E-state index contributed by atoms with van der Waals surface area (Å²) in [5.74, 6) is -3.31. The smallest absolute Gasteiger partial charge is 0.307 e. The number of carbonyl (C=O) groups is 1. The Morgan fingerprint density at radius 1 is 0.844 bits per heavy atom. The van der Waals surface area contributed by atoms with E-state index >= 15 is 4.39 Å². The van der Waals surface area contributed by atoms with Crippen molar-refractivity contribution >= 4 is 27.9 Å². The van der Waals surface area contributed by atoms with Gasteiger partial charge >= 0.3 is 5.97 Å². The zero-order valence-electron chi connectivity index (χ0n) is 24.5. The predicted octanol–water partition coefficient (Wildman–Crippen LogP) is 8.12. The standard InChI is InChI=1S/C36H28F3N3O3/c1-36(2)32(33(36)35(43)44)34-41-30-17-25(45-19-24-11-9-20-5-3-4-6-29(20)40-24)12-14-31(30)42(34)18-23-8-7-21(15-27(23)38)22-10-13-26(37)28(39)16-22/h3-17,32-33H,18-19H2,1-2H3,(H,43,44)/t32-,33+/m0/s1. The first-order valence-corrected chi connectivity index (χ1v) is 14.5. The van der Waals surface area contributed by atoms with E-state index in [0.29, 0.717) is 39.3 Å². The van der Waals surface area contributed by atoms with Crippen molar-refractivity contribution in [3.63, 3.8) is 0 Å². The lowest BCUT2D eigenvalue weighted by molar-refractivity contribution is -0.139. The van der Waals surface area contributed by atoms with Crippen LogP contribution < -0.4 is 4.74 Å². The van der Waals surface area contributed by atoms with Crippen LogP contribution in [0.2, 0.25) is 0 Å². The molecule has 0 bridgehead atoms. The van der Waals surface area contributed by atoms with Crippen LogP contribution in [0, 0.1) is 28.8 Å². The summed E-state index contributed by atoms with van der Waals surface area (Å²) in [7, 11) is 0. The Morgan fingerprint density at radius 2 is 1.60 bits per heavy atom. The quantitative estimate of drug-likeness (QED) is 0.189. The Kier molecular flexibility index (Phi) is 6.84. The second-order valence-electron chi connectivity index (χ2n) is 12.0. The number of fused-ring (bicyclic) bond motifs is 2. The summed E-state index contributed by atoms with van der Waals surface area (Å²) in [5.41, 5.74) is 3.51. The summed E-state index contributed by atoms with van der Waals surface area (Å²) >= 11 is 0. The van der Waals surface area contributed by atoms with Gasteiger partial charge in [-0.15, -0.1) is 0 Å². The molecule has 6 nitrogen and oxygen atoms in total. The third-order valence-electron chi connectivity index (χ3n) is 8.80. The van der Waals surface area contributed by atoms with Gasteiger partial charge in [-0.2, -0.15) is 0 Å². The maximum Gasteiger partial charge on any atom is 0.307 e. The van der Waals surface area contributed by atoms with Gasteiger partial charge < -0.3 is 14.4 Å². The fourth-order valence-electron chi connectivity index (χ4n) is 6.25. The van der Waals surface area contributed by atoms with E-state index in [2.05, 4.69) is 4.98 Å². The predicted molar refractivity (Wildman–Crippen MR) is 164 cm³/mol. The summed E-state index contributed by atoms with van der Waals surface area (Å²) < 4.78 is 50.7. The third kappa shape index (κ3) is 5.18. The number of carboxylic acids is 1. The first-order valence-electron chi connectivity index (χ1n) is 14.5. The SMILES string of the molecule is CC1(C)[C@H](c2nc3cc(OCc4ccc5ccccc5n4)ccc3n2Cc2ccc(-c3ccc(F)c(F)c3)cc2F)[C@@H]1C(=O)O. The summed E-state index contributed by atoms with van der Waals surface area (Å²) in [6.45, 7) is 4.12. The minimum atomic E-state index is -1.01. The monoisotopic (exact) mass is 607 g/mol. The minimum Gasteiger partial charge on any atom is -0.487 e. The van der Waals surface area contributed by atoms with Crippen LogP contribution in [0.4, 0.5) is 13.2 Å². The largest absolute Gasteiger partial charge is 0.487 e. The van der Waals surface area contributed by atoms with Crippen molar-refractivity contribution in [3.8, 4) is 16.9 Å². The van der Waals surface area contributed by atoms with Gasteiger partial charge in [-0.1, -0.05) is 56.3 Å². The van der Waals surface area contributed by atoms with Gasteiger partial charge in [0.2, 0.25) is 0 Å². The molecule has 4 aromatic carbocycles. The van der Waals surface area contributed by atoms with Gasteiger partial charge in [-0.3, -0.25) is 4.79 Å². The van der Waals surface area contributed by atoms with Crippen LogP contribution in [0.1, 0.15) is 36.8 Å². The number of rotatable bonds is 8. The Labute approximate surface area is 256 Å². The topological polar surface area (TPSA) is 77.2 Å². The molecule has 45 heavy (non-hydrogen) atoms. The van der Waals surface area contributed by atoms with E-state index in [9.17, 15) is 18.7 Å². The summed E-state index contributed by atoms with van der Waals surface area (Å²) in [4.78, 5) is 21.6. The molecule has 6 aromatic rings. The van der Waals surface area contributed by atoms with E-state index < -0.39 is 34.8 Å². The Hall–Kier alpha value is -5.18. The van der Waals surface area contributed by atoms with Crippen LogP contribution in [0.5, 0.6) is 5.75 Å². The third-order valence-corrected chi connectivity index (χ3v) is 8.80. The zero-order valence-corrected chi connectivity index (χ0v) is 24.5. The fourth-order valence-corrected chi connectivity index (χ4v) is 6.25. The van der Waals surface area contributed by atoms with Gasteiger partial charge in [0, 0.05) is 22.9 Å². The number of ether oxygens (including phenoxy) is 1. The molecular formula is C36H28F3N3O3. The van der Waals surface area contributed by atoms with Crippen LogP contribution in [0.15, 0.2) is 91.0 Å². The highest BCUT2D eigenvalue weighted by Gasteiger charge is 2.64. The highest BCUT2D eigenvalue weighted by molar-refractivity contribution is 5.81. The lowest BCUT2D eigenvalue weighted by atomic mass is 10.0. The second-order valence-corrected chi connectivity index (χ2v) is 12.0. The molecule has 2 aromatic heterocycles. The van der Waals surface area contributed by atoms with E-state index in [4.69, 9.17) is 9.72 Å². The summed E-state index contributed by atoms with van der Waals surface area (Å²) in [6.07, 6.45) is 0. The Morgan fingerprint density at radius 3 is 2.33 bits per heavy atom. The molecule has 0 aliphatic heterocycles. The Balaban J connectivity index is 1.21. The number of nitrogens with zero attached hydrogens (tertiary/aromatic N) is 3. The van der Waals surface area contributed by atoms with Crippen molar-refractivity contribution in [2.24, 2.45) is 11.3 Å². The lowest BCUT2D eigenvalue weighted by Crippen LogP contribution is -2.08. The van der Waals surface area contributed by atoms with Gasteiger partial charge in [-0.05, 0) is 59.0 Å². The van der Waals surface area contributed by atoms with Crippen molar-refractivity contribution in [3.05, 3.63) is 126 Å².